The summed E-state index contributed by atoms with van der Waals surface area (Å²) in [6.45, 7) is 3.72. The van der Waals surface area contributed by atoms with Crippen molar-refractivity contribution >= 4 is 0 Å². The molecule has 0 aliphatic heterocycles. The van der Waals surface area contributed by atoms with Crippen molar-refractivity contribution < 1.29 is 9.84 Å². The second-order valence-corrected chi connectivity index (χ2v) is 7.34. The highest BCUT2D eigenvalue weighted by molar-refractivity contribution is 5.12. The summed E-state index contributed by atoms with van der Waals surface area (Å²) in [6.07, 6.45) is 12.5. The van der Waals surface area contributed by atoms with Gasteiger partial charge >= 0.3 is 0 Å². The SMILES string of the molecule is CCOC1CC(NCC2(O)CCCCCC2)C12CCC2. The van der Waals surface area contributed by atoms with Crippen LogP contribution in [0.5, 0.6) is 0 Å². The van der Waals surface area contributed by atoms with Gasteiger partial charge in [0.25, 0.3) is 0 Å². The summed E-state index contributed by atoms with van der Waals surface area (Å²) in [5.41, 5.74) is -0.0325. The van der Waals surface area contributed by atoms with E-state index < -0.39 is 5.60 Å². The Morgan fingerprint density at radius 3 is 2.30 bits per heavy atom. The molecule has 0 aromatic carbocycles. The molecule has 0 aromatic heterocycles. The van der Waals surface area contributed by atoms with Crippen LogP contribution in [0, 0.1) is 5.41 Å². The Hall–Kier alpha value is -0.120. The first-order valence-electron chi connectivity index (χ1n) is 8.76. The van der Waals surface area contributed by atoms with Gasteiger partial charge in [-0.2, -0.15) is 0 Å². The summed E-state index contributed by atoms with van der Waals surface area (Å²) >= 11 is 0. The van der Waals surface area contributed by atoms with Gasteiger partial charge in [0.05, 0.1) is 11.7 Å². The van der Waals surface area contributed by atoms with Crippen LogP contribution in [0.25, 0.3) is 0 Å². The Kier molecular flexibility index (Phi) is 4.40. The Balaban J connectivity index is 1.51. The molecule has 1 spiro atoms. The molecule has 0 radical (unpaired) electrons. The molecule has 2 N–H and O–H groups in total. The lowest BCUT2D eigenvalue weighted by Gasteiger charge is -2.61. The van der Waals surface area contributed by atoms with Gasteiger partial charge in [-0.1, -0.05) is 32.1 Å². The molecule has 3 heteroatoms. The first-order valence-corrected chi connectivity index (χ1v) is 8.76. The lowest BCUT2D eigenvalue weighted by Crippen LogP contribution is -2.68. The number of hydrogen-bond acceptors (Lipinski definition) is 3. The third-order valence-electron chi connectivity index (χ3n) is 6.15. The molecule has 0 amide bonds. The summed E-state index contributed by atoms with van der Waals surface area (Å²) in [5, 5.41) is 14.5. The molecule has 0 heterocycles. The van der Waals surface area contributed by atoms with Crippen LogP contribution in [0.2, 0.25) is 0 Å². The molecule has 3 rings (SSSR count). The fraction of sp³-hybridized carbons (Fsp3) is 1.00. The Bertz CT molecular complexity index is 319. The molecule has 2 atom stereocenters. The van der Waals surface area contributed by atoms with Gasteiger partial charge in [0.1, 0.15) is 0 Å². The van der Waals surface area contributed by atoms with Crippen LogP contribution in [-0.2, 0) is 4.74 Å². The molecular weight excluding hydrogens is 250 g/mol. The third kappa shape index (κ3) is 2.65. The standard InChI is InChI=1S/C17H31NO2/c1-2-20-15-12-14(17(15)10-7-11-17)18-13-16(19)8-5-3-4-6-9-16/h14-15,18-19H,2-13H2,1H3. The number of hydrogen-bond donors (Lipinski definition) is 2. The zero-order valence-electron chi connectivity index (χ0n) is 13.0. The Labute approximate surface area is 123 Å². The molecule has 3 aliphatic carbocycles. The monoisotopic (exact) mass is 281 g/mol. The molecule has 3 nitrogen and oxygen atoms in total. The fourth-order valence-corrected chi connectivity index (χ4v) is 4.60. The summed E-state index contributed by atoms with van der Waals surface area (Å²) in [5.74, 6) is 0. The van der Waals surface area contributed by atoms with E-state index in [1.807, 2.05) is 0 Å². The van der Waals surface area contributed by atoms with Crippen molar-refractivity contribution in [2.75, 3.05) is 13.2 Å². The van der Waals surface area contributed by atoms with E-state index in [0.29, 0.717) is 17.6 Å². The maximum atomic E-state index is 10.8. The maximum Gasteiger partial charge on any atom is 0.0771 e. The van der Waals surface area contributed by atoms with Crippen LogP contribution < -0.4 is 5.32 Å². The van der Waals surface area contributed by atoms with Crippen molar-refractivity contribution in [2.24, 2.45) is 5.41 Å². The second-order valence-electron chi connectivity index (χ2n) is 7.34. The van der Waals surface area contributed by atoms with Gasteiger partial charge in [-0.3, -0.25) is 0 Å². The van der Waals surface area contributed by atoms with Crippen molar-refractivity contribution in [1.29, 1.82) is 0 Å². The van der Waals surface area contributed by atoms with E-state index in [4.69, 9.17) is 4.74 Å². The van der Waals surface area contributed by atoms with Crippen LogP contribution in [0.4, 0.5) is 0 Å². The van der Waals surface area contributed by atoms with Crippen LogP contribution in [0.1, 0.15) is 71.1 Å². The van der Waals surface area contributed by atoms with Crippen molar-refractivity contribution in [3.63, 3.8) is 0 Å². The highest BCUT2D eigenvalue weighted by Crippen LogP contribution is 2.57. The first kappa shape index (κ1) is 14.8. The largest absolute Gasteiger partial charge is 0.389 e. The fourth-order valence-electron chi connectivity index (χ4n) is 4.60. The van der Waals surface area contributed by atoms with E-state index in [2.05, 4.69) is 12.2 Å². The molecule has 0 aromatic rings. The molecule has 0 saturated heterocycles. The summed E-state index contributed by atoms with van der Waals surface area (Å²) < 4.78 is 5.90. The lowest BCUT2D eigenvalue weighted by atomic mass is 9.51. The molecule has 3 fully saturated rings. The summed E-state index contributed by atoms with van der Waals surface area (Å²) in [6, 6.07) is 0.583. The minimum atomic E-state index is -0.446. The van der Waals surface area contributed by atoms with E-state index in [9.17, 15) is 5.11 Å². The van der Waals surface area contributed by atoms with E-state index in [1.54, 1.807) is 0 Å². The third-order valence-corrected chi connectivity index (χ3v) is 6.15. The number of nitrogens with one attached hydrogen (secondary N) is 1. The second kappa shape index (κ2) is 5.94. The highest BCUT2D eigenvalue weighted by Gasteiger charge is 2.58. The van der Waals surface area contributed by atoms with Crippen LogP contribution in [0.3, 0.4) is 0 Å². The van der Waals surface area contributed by atoms with Gasteiger partial charge in [-0.05, 0) is 39.0 Å². The number of ether oxygens (including phenoxy) is 1. The van der Waals surface area contributed by atoms with Crippen LogP contribution >= 0.6 is 0 Å². The van der Waals surface area contributed by atoms with Crippen LogP contribution in [0.15, 0.2) is 0 Å². The Morgan fingerprint density at radius 1 is 1.05 bits per heavy atom. The summed E-state index contributed by atoms with van der Waals surface area (Å²) in [7, 11) is 0. The van der Waals surface area contributed by atoms with Crippen LogP contribution in [-0.4, -0.2) is 36.0 Å². The zero-order valence-corrected chi connectivity index (χ0v) is 13.0. The quantitative estimate of drug-likeness (QED) is 0.761. The number of rotatable bonds is 5. The van der Waals surface area contributed by atoms with E-state index in [0.717, 1.165) is 32.4 Å². The molecule has 3 saturated carbocycles. The predicted molar refractivity (Wildman–Crippen MR) is 80.8 cm³/mol. The summed E-state index contributed by atoms with van der Waals surface area (Å²) in [4.78, 5) is 0. The smallest absolute Gasteiger partial charge is 0.0771 e. The normalized spacial score (nSPS) is 35.1. The van der Waals surface area contributed by atoms with Gasteiger partial charge in [0.2, 0.25) is 0 Å². The lowest BCUT2D eigenvalue weighted by molar-refractivity contribution is -0.175. The number of aliphatic hydroxyl groups is 1. The molecule has 3 aliphatic rings. The molecule has 20 heavy (non-hydrogen) atoms. The molecule has 2 unspecified atom stereocenters. The van der Waals surface area contributed by atoms with Gasteiger partial charge in [0, 0.05) is 24.6 Å². The average molecular weight is 281 g/mol. The molecule has 116 valence electrons. The van der Waals surface area contributed by atoms with Crippen molar-refractivity contribution in [1.82, 2.24) is 5.32 Å². The van der Waals surface area contributed by atoms with E-state index >= 15 is 0 Å². The zero-order chi connectivity index (χ0) is 14.1. The van der Waals surface area contributed by atoms with Gasteiger partial charge in [-0.25, -0.2) is 0 Å². The van der Waals surface area contributed by atoms with Gasteiger partial charge in [-0.15, -0.1) is 0 Å². The topological polar surface area (TPSA) is 41.5 Å². The van der Waals surface area contributed by atoms with Gasteiger partial charge < -0.3 is 15.2 Å². The minimum Gasteiger partial charge on any atom is -0.389 e. The van der Waals surface area contributed by atoms with Gasteiger partial charge in [0.15, 0.2) is 0 Å². The predicted octanol–water partition coefficient (Wildman–Crippen LogP) is 3.01. The van der Waals surface area contributed by atoms with E-state index in [-0.39, 0.29) is 0 Å². The molecular formula is C17H31NO2. The average Bonchev–Trinajstić information content (AvgIpc) is 2.56. The first-order chi connectivity index (χ1) is 9.69. The van der Waals surface area contributed by atoms with Crippen molar-refractivity contribution in [2.45, 2.75) is 88.9 Å². The maximum absolute atomic E-state index is 10.8. The van der Waals surface area contributed by atoms with E-state index in [1.165, 1.54) is 44.9 Å². The minimum absolute atomic E-state index is 0.414. The highest BCUT2D eigenvalue weighted by atomic mass is 16.5. The van der Waals surface area contributed by atoms with Crippen molar-refractivity contribution in [3.05, 3.63) is 0 Å². The molecule has 0 bridgehead atoms. The Morgan fingerprint density at radius 2 is 1.75 bits per heavy atom. The van der Waals surface area contributed by atoms with Crippen molar-refractivity contribution in [3.8, 4) is 0 Å².